The molecule has 3 heterocycles. The maximum absolute atomic E-state index is 5.81. The smallest absolute Gasteiger partial charge is 0.139 e. The number of halogens is 1. The molecule has 1 nitrogen and oxygen atoms in total. The Balaban J connectivity index is 2.29. The lowest BCUT2D eigenvalue weighted by Gasteiger charge is -2.20. The molecule has 1 unspecified atom stereocenters. The van der Waals surface area contributed by atoms with Gasteiger partial charge >= 0.3 is 0 Å². The van der Waals surface area contributed by atoms with E-state index in [0.29, 0.717) is 0 Å². The van der Waals surface area contributed by atoms with E-state index in [1.165, 1.54) is 19.1 Å². The Morgan fingerprint density at radius 3 is 3.14 bits per heavy atom. The van der Waals surface area contributed by atoms with Crippen molar-refractivity contribution in [2.75, 3.05) is 0 Å². The van der Waals surface area contributed by atoms with Gasteiger partial charge in [-0.15, -0.1) is 22.7 Å². The van der Waals surface area contributed by atoms with E-state index >= 15 is 0 Å². The summed E-state index contributed by atoms with van der Waals surface area (Å²) in [6, 6.07) is 4.21. The third-order valence-electron chi connectivity index (χ3n) is 2.31. The third kappa shape index (κ3) is 1.17. The van der Waals surface area contributed by atoms with E-state index in [0.717, 1.165) is 5.75 Å². The lowest BCUT2D eigenvalue weighted by Crippen LogP contribution is -2.06. The molecule has 0 bridgehead atoms. The van der Waals surface area contributed by atoms with Gasteiger partial charge in [-0.3, -0.25) is 0 Å². The van der Waals surface area contributed by atoms with Crippen LogP contribution in [0.3, 0.4) is 0 Å². The highest BCUT2D eigenvalue weighted by molar-refractivity contribution is 9.11. The lowest BCUT2D eigenvalue weighted by atomic mass is 10.1. The summed E-state index contributed by atoms with van der Waals surface area (Å²) in [7, 11) is 0. The molecule has 2 aromatic rings. The molecule has 1 aliphatic heterocycles. The summed E-state index contributed by atoms with van der Waals surface area (Å²) in [5.41, 5.74) is 1.30. The highest BCUT2D eigenvalue weighted by atomic mass is 79.9. The zero-order valence-electron chi connectivity index (χ0n) is 7.41. The zero-order chi connectivity index (χ0) is 9.71. The third-order valence-corrected chi connectivity index (χ3v) is 5.02. The van der Waals surface area contributed by atoms with Crippen molar-refractivity contribution in [3.8, 4) is 15.5 Å². The second kappa shape index (κ2) is 3.08. The number of thiophene rings is 2. The van der Waals surface area contributed by atoms with Crippen molar-refractivity contribution in [2.45, 2.75) is 13.0 Å². The van der Waals surface area contributed by atoms with Crippen LogP contribution in [0.1, 0.15) is 18.6 Å². The molecule has 0 spiro atoms. The summed E-state index contributed by atoms with van der Waals surface area (Å²) >= 11 is 7.06. The summed E-state index contributed by atoms with van der Waals surface area (Å²) in [5, 5.41) is 2.08. The van der Waals surface area contributed by atoms with Crippen LogP contribution in [0.2, 0.25) is 0 Å². The van der Waals surface area contributed by atoms with Crippen LogP contribution in [-0.4, -0.2) is 0 Å². The van der Waals surface area contributed by atoms with E-state index in [2.05, 4.69) is 34.3 Å². The van der Waals surface area contributed by atoms with E-state index in [9.17, 15) is 0 Å². The van der Waals surface area contributed by atoms with Crippen LogP contribution in [0, 0.1) is 0 Å². The van der Waals surface area contributed by atoms with Gasteiger partial charge in [-0.2, -0.15) is 0 Å². The summed E-state index contributed by atoms with van der Waals surface area (Å²) < 4.78 is 6.99. The van der Waals surface area contributed by atoms with Gasteiger partial charge < -0.3 is 4.74 Å². The zero-order valence-corrected chi connectivity index (χ0v) is 10.6. The van der Waals surface area contributed by atoms with Crippen LogP contribution in [0.4, 0.5) is 0 Å². The molecule has 2 aromatic heterocycles. The monoisotopic (exact) mass is 286 g/mol. The topological polar surface area (TPSA) is 9.23 Å². The Morgan fingerprint density at radius 2 is 2.29 bits per heavy atom. The predicted molar refractivity (Wildman–Crippen MR) is 64.4 cm³/mol. The first kappa shape index (κ1) is 8.95. The second-order valence-electron chi connectivity index (χ2n) is 3.21. The van der Waals surface area contributed by atoms with Gasteiger partial charge in [0.2, 0.25) is 0 Å². The molecule has 4 heteroatoms. The molecule has 0 amide bonds. The SMILES string of the molecule is CC1Oc2ccsc2-c2sc(Br)cc21. The largest absolute Gasteiger partial charge is 0.484 e. The maximum Gasteiger partial charge on any atom is 0.139 e. The second-order valence-corrected chi connectivity index (χ2v) is 6.56. The highest BCUT2D eigenvalue weighted by Gasteiger charge is 2.26. The first-order valence-electron chi connectivity index (χ1n) is 4.29. The average Bonchev–Trinajstić information content (AvgIpc) is 2.69. The van der Waals surface area contributed by atoms with Crippen molar-refractivity contribution in [1.82, 2.24) is 0 Å². The molecule has 14 heavy (non-hydrogen) atoms. The van der Waals surface area contributed by atoms with Crippen molar-refractivity contribution in [3.63, 3.8) is 0 Å². The number of hydrogen-bond donors (Lipinski definition) is 0. The van der Waals surface area contributed by atoms with Crippen LogP contribution in [0.15, 0.2) is 21.3 Å². The van der Waals surface area contributed by atoms with Gasteiger partial charge in [0.15, 0.2) is 0 Å². The molecule has 1 aliphatic rings. The lowest BCUT2D eigenvalue weighted by molar-refractivity contribution is 0.225. The standard InChI is InChI=1S/C10H7BrOS2/c1-5-6-4-8(11)14-9(6)10-7(12-5)2-3-13-10/h2-5H,1H3. The molecular weight excluding hydrogens is 280 g/mol. The Labute approximate surface area is 98.5 Å². The predicted octanol–water partition coefficient (Wildman–Crippen LogP) is 4.69. The van der Waals surface area contributed by atoms with E-state index in [-0.39, 0.29) is 6.10 Å². The van der Waals surface area contributed by atoms with E-state index in [1.807, 2.05) is 6.07 Å². The molecule has 1 atom stereocenters. The van der Waals surface area contributed by atoms with E-state index < -0.39 is 0 Å². The summed E-state index contributed by atoms with van der Waals surface area (Å²) in [6.07, 6.45) is 0.176. The summed E-state index contributed by atoms with van der Waals surface area (Å²) in [5.74, 6) is 1.03. The summed E-state index contributed by atoms with van der Waals surface area (Å²) in [4.78, 5) is 2.63. The molecule has 0 N–H and O–H groups in total. The van der Waals surface area contributed by atoms with Crippen molar-refractivity contribution < 1.29 is 4.74 Å². The number of hydrogen-bond acceptors (Lipinski definition) is 3. The normalized spacial score (nSPS) is 18.6. The Hall–Kier alpha value is -0.320. The fourth-order valence-electron chi connectivity index (χ4n) is 1.66. The van der Waals surface area contributed by atoms with Gasteiger partial charge in [0.1, 0.15) is 11.9 Å². The molecule has 0 aromatic carbocycles. The van der Waals surface area contributed by atoms with Crippen molar-refractivity contribution >= 4 is 38.6 Å². The first-order chi connectivity index (χ1) is 6.75. The van der Waals surface area contributed by atoms with Crippen LogP contribution >= 0.6 is 38.6 Å². The van der Waals surface area contributed by atoms with Crippen molar-refractivity contribution in [2.24, 2.45) is 0 Å². The Kier molecular flexibility index (Phi) is 1.97. The molecule has 0 saturated heterocycles. The molecule has 0 fully saturated rings. The quantitative estimate of drug-likeness (QED) is 0.683. The highest BCUT2D eigenvalue weighted by Crippen LogP contribution is 2.50. The molecule has 0 radical (unpaired) electrons. The van der Waals surface area contributed by atoms with Gasteiger partial charge in [0.05, 0.1) is 13.5 Å². The molecule has 0 aliphatic carbocycles. The van der Waals surface area contributed by atoms with Gasteiger partial charge in [-0.05, 0) is 40.4 Å². The Morgan fingerprint density at radius 1 is 1.43 bits per heavy atom. The van der Waals surface area contributed by atoms with Gasteiger partial charge in [-0.1, -0.05) is 0 Å². The summed E-state index contributed by atoms with van der Waals surface area (Å²) in [6.45, 7) is 2.10. The fourth-order valence-corrected chi connectivity index (χ4v) is 4.37. The average molecular weight is 287 g/mol. The maximum atomic E-state index is 5.81. The minimum absolute atomic E-state index is 0.176. The minimum Gasteiger partial charge on any atom is -0.484 e. The van der Waals surface area contributed by atoms with E-state index in [1.54, 1.807) is 22.7 Å². The number of ether oxygens (including phenoxy) is 1. The van der Waals surface area contributed by atoms with Crippen LogP contribution in [0.5, 0.6) is 5.75 Å². The van der Waals surface area contributed by atoms with Gasteiger partial charge in [0, 0.05) is 5.56 Å². The first-order valence-corrected chi connectivity index (χ1v) is 6.78. The molecule has 3 rings (SSSR count). The van der Waals surface area contributed by atoms with Crippen LogP contribution in [0.25, 0.3) is 9.75 Å². The fraction of sp³-hybridized carbons (Fsp3) is 0.200. The van der Waals surface area contributed by atoms with Crippen LogP contribution in [-0.2, 0) is 0 Å². The number of fused-ring (bicyclic) bond motifs is 3. The minimum atomic E-state index is 0.176. The molecule has 72 valence electrons. The Bertz CT molecular complexity index is 486. The number of rotatable bonds is 0. The van der Waals surface area contributed by atoms with Gasteiger partial charge in [-0.25, -0.2) is 0 Å². The van der Waals surface area contributed by atoms with Gasteiger partial charge in [0.25, 0.3) is 0 Å². The van der Waals surface area contributed by atoms with E-state index in [4.69, 9.17) is 4.74 Å². The van der Waals surface area contributed by atoms with Crippen molar-refractivity contribution in [3.05, 3.63) is 26.9 Å². The molecule has 0 saturated carbocycles. The molecular formula is C10H7BrOS2. The van der Waals surface area contributed by atoms with Crippen LogP contribution < -0.4 is 4.74 Å². The van der Waals surface area contributed by atoms with Crippen molar-refractivity contribution in [1.29, 1.82) is 0 Å².